The summed E-state index contributed by atoms with van der Waals surface area (Å²) in [6, 6.07) is -2.29. The maximum absolute atomic E-state index is 11.3. The second-order valence-corrected chi connectivity index (χ2v) is 3.73. The van der Waals surface area contributed by atoms with E-state index in [2.05, 4.69) is 10.6 Å². The van der Waals surface area contributed by atoms with Crippen LogP contribution in [0.15, 0.2) is 0 Å². The molecule has 2 unspecified atom stereocenters. The first kappa shape index (κ1) is 17.1. The normalized spacial score (nSPS) is 13.2. The summed E-state index contributed by atoms with van der Waals surface area (Å²) in [5.74, 6) is -1.80. The molecule has 0 heterocycles. The molecule has 0 aliphatic rings. The smallest absolute Gasteiger partial charge is 0.328 e. The zero-order chi connectivity index (χ0) is 14.8. The van der Waals surface area contributed by atoms with Crippen LogP contribution in [0.4, 0.5) is 4.79 Å². The van der Waals surface area contributed by atoms with E-state index in [0.717, 1.165) is 0 Å². The van der Waals surface area contributed by atoms with E-state index in [9.17, 15) is 14.4 Å². The number of hydrogen-bond acceptors (Lipinski definition) is 5. The number of nitrogens with one attached hydrogen (secondary N) is 3. The molecule has 9 nitrogen and oxygen atoms in total. The number of carboxylic acids is 1. The second kappa shape index (κ2) is 9.11. The molecule has 0 aromatic heterocycles. The number of aliphatic carboxylic acids is 1. The predicted octanol–water partition coefficient (Wildman–Crippen LogP) is -2.12. The van der Waals surface area contributed by atoms with Crippen molar-refractivity contribution in [2.75, 3.05) is 26.8 Å². The summed E-state index contributed by atoms with van der Waals surface area (Å²) in [5.41, 5.74) is 0. The maximum atomic E-state index is 11.3. The van der Waals surface area contributed by atoms with Gasteiger partial charge in [-0.1, -0.05) is 0 Å². The number of ether oxygens (including phenoxy) is 1. The van der Waals surface area contributed by atoms with Gasteiger partial charge in [0.1, 0.15) is 0 Å². The highest BCUT2D eigenvalue weighted by molar-refractivity contribution is 5.86. The quantitative estimate of drug-likeness (QED) is 0.322. The number of amides is 3. The Hall–Kier alpha value is -1.87. The number of carbonyl (C=O) groups excluding carboxylic acids is 2. The number of hydrogen-bond donors (Lipinski definition) is 5. The van der Waals surface area contributed by atoms with E-state index in [1.807, 2.05) is 5.32 Å². The Kier molecular flexibility index (Phi) is 8.22. The Morgan fingerprint density at radius 2 is 1.89 bits per heavy atom. The minimum atomic E-state index is -1.43. The van der Waals surface area contributed by atoms with Gasteiger partial charge in [0.15, 0.2) is 6.04 Å². The van der Waals surface area contributed by atoms with Crippen LogP contribution >= 0.6 is 0 Å². The molecule has 0 saturated carbocycles. The third-order valence-electron chi connectivity index (χ3n) is 2.07. The Morgan fingerprint density at radius 1 is 1.26 bits per heavy atom. The molecular formula is C10H19N3O6. The molecular weight excluding hydrogens is 258 g/mol. The molecule has 9 heteroatoms. The molecule has 19 heavy (non-hydrogen) atoms. The van der Waals surface area contributed by atoms with Crippen LogP contribution in [0, 0.1) is 0 Å². The van der Waals surface area contributed by atoms with E-state index < -0.39 is 30.1 Å². The van der Waals surface area contributed by atoms with Gasteiger partial charge in [0.2, 0.25) is 5.91 Å². The van der Waals surface area contributed by atoms with Crippen LogP contribution in [0.5, 0.6) is 0 Å². The monoisotopic (exact) mass is 277 g/mol. The zero-order valence-corrected chi connectivity index (χ0v) is 10.8. The Labute approximate surface area is 110 Å². The van der Waals surface area contributed by atoms with Crippen molar-refractivity contribution in [3.63, 3.8) is 0 Å². The van der Waals surface area contributed by atoms with E-state index in [-0.39, 0.29) is 6.54 Å². The lowest BCUT2D eigenvalue weighted by Crippen LogP contribution is -2.52. The molecule has 0 saturated heterocycles. The molecule has 0 aromatic carbocycles. The Morgan fingerprint density at radius 3 is 2.37 bits per heavy atom. The van der Waals surface area contributed by atoms with Crippen molar-refractivity contribution in [3.05, 3.63) is 0 Å². The second-order valence-electron chi connectivity index (χ2n) is 3.73. The van der Waals surface area contributed by atoms with Crippen molar-refractivity contribution in [1.29, 1.82) is 0 Å². The first-order valence-electron chi connectivity index (χ1n) is 5.59. The third-order valence-corrected chi connectivity index (χ3v) is 2.07. The molecule has 0 aliphatic carbocycles. The first-order chi connectivity index (χ1) is 8.88. The standard InChI is InChI=1S/C10H19N3O6/c1-6(14)8(9(16)17)13-10(18)12-5-7(15)11-3-4-19-2/h6,8,14H,3-5H2,1-2H3,(H,11,15)(H,16,17)(H2,12,13,18). The van der Waals surface area contributed by atoms with E-state index >= 15 is 0 Å². The van der Waals surface area contributed by atoms with Gasteiger partial charge in [0, 0.05) is 13.7 Å². The van der Waals surface area contributed by atoms with Crippen LogP contribution in [-0.2, 0) is 14.3 Å². The number of aliphatic hydroxyl groups is 1. The highest BCUT2D eigenvalue weighted by Crippen LogP contribution is 1.92. The molecule has 0 spiro atoms. The lowest BCUT2D eigenvalue weighted by atomic mass is 10.2. The lowest BCUT2D eigenvalue weighted by molar-refractivity contribution is -0.141. The van der Waals surface area contributed by atoms with Crippen LogP contribution in [-0.4, -0.2) is 67.1 Å². The highest BCUT2D eigenvalue weighted by atomic mass is 16.5. The average Bonchev–Trinajstić information content (AvgIpc) is 2.33. The summed E-state index contributed by atoms with van der Waals surface area (Å²) in [6.07, 6.45) is -1.25. The molecule has 0 fully saturated rings. The molecule has 3 amide bonds. The summed E-state index contributed by atoms with van der Waals surface area (Å²) < 4.78 is 4.72. The van der Waals surface area contributed by atoms with Gasteiger partial charge < -0.3 is 30.9 Å². The van der Waals surface area contributed by atoms with Crippen LogP contribution in [0.2, 0.25) is 0 Å². The van der Waals surface area contributed by atoms with Crippen molar-refractivity contribution >= 4 is 17.9 Å². The highest BCUT2D eigenvalue weighted by Gasteiger charge is 2.24. The summed E-state index contributed by atoms with van der Waals surface area (Å²) in [4.78, 5) is 33.2. The fraction of sp³-hybridized carbons (Fsp3) is 0.700. The molecule has 0 radical (unpaired) electrons. The van der Waals surface area contributed by atoms with Gasteiger partial charge in [-0.3, -0.25) is 4.79 Å². The van der Waals surface area contributed by atoms with Crippen molar-refractivity contribution in [3.8, 4) is 0 Å². The number of carboxylic acid groups (broad SMARTS) is 1. The fourth-order valence-electron chi connectivity index (χ4n) is 1.10. The van der Waals surface area contributed by atoms with Gasteiger partial charge in [0.25, 0.3) is 0 Å². The molecule has 5 N–H and O–H groups in total. The molecule has 0 rings (SSSR count). The minimum Gasteiger partial charge on any atom is -0.480 e. The van der Waals surface area contributed by atoms with Gasteiger partial charge >= 0.3 is 12.0 Å². The number of urea groups is 1. The van der Waals surface area contributed by atoms with Gasteiger partial charge in [0.05, 0.1) is 19.3 Å². The van der Waals surface area contributed by atoms with Crippen molar-refractivity contribution in [2.24, 2.45) is 0 Å². The summed E-state index contributed by atoms with van der Waals surface area (Å²) in [7, 11) is 1.49. The van der Waals surface area contributed by atoms with Crippen LogP contribution in [0.1, 0.15) is 6.92 Å². The molecule has 110 valence electrons. The number of carbonyl (C=O) groups is 3. The lowest BCUT2D eigenvalue weighted by Gasteiger charge is -2.17. The van der Waals surface area contributed by atoms with Gasteiger partial charge in [-0.2, -0.15) is 0 Å². The number of methoxy groups -OCH3 is 1. The molecule has 0 aromatic rings. The van der Waals surface area contributed by atoms with Gasteiger partial charge in [-0.05, 0) is 6.92 Å². The number of aliphatic hydroxyl groups excluding tert-OH is 1. The van der Waals surface area contributed by atoms with Crippen molar-refractivity contribution < 1.29 is 29.3 Å². The van der Waals surface area contributed by atoms with Crippen LogP contribution in [0.3, 0.4) is 0 Å². The van der Waals surface area contributed by atoms with E-state index in [1.54, 1.807) is 0 Å². The topological polar surface area (TPSA) is 137 Å². The van der Waals surface area contributed by atoms with E-state index in [4.69, 9.17) is 14.9 Å². The zero-order valence-electron chi connectivity index (χ0n) is 10.8. The van der Waals surface area contributed by atoms with E-state index in [1.165, 1.54) is 14.0 Å². The third kappa shape index (κ3) is 7.95. The number of rotatable bonds is 8. The Balaban J connectivity index is 3.97. The summed E-state index contributed by atoms with van der Waals surface area (Å²) in [6.45, 7) is 1.59. The minimum absolute atomic E-state index is 0.304. The molecule has 0 aliphatic heterocycles. The van der Waals surface area contributed by atoms with Gasteiger partial charge in [-0.15, -0.1) is 0 Å². The van der Waals surface area contributed by atoms with Gasteiger partial charge in [-0.25, -0.2) is 9.59 Å². The SMILES string of the molecule is COCCNC(=O)CNC(=O)NC(C(=O)O)C(C)O. The molecule has 2 atom stereocenters. The molecule has 0 bridgehead atoms. The van der Waals surface area contributed by atoms with Crippen molar-refractivity contribution in [1.82, 2.24) is 16.0 Å². The van der Waals surface area contributed by atoms with E-state index in [0.29, 0.717) is 13.2 Å². The summed E-state index contributed by atoms with van der Waals surface area (Å²) in [5, 5.41) is 24.5. The predicted molar refractivity (Wildman–Crippen MR) is 64.5 cm³/mol. The van der Waals surface area contributed by atoms with Crippen molar-refractivity contribution in [2.45, 2.75) is 19.1 Å². The maximum Gasteiger partial charge on any atom is 0.328 e. The average molecular weight is 277 g/mol. The first-order valence-corrected chi connectivity index (χ1v) is 5.59. The van der Waals surface area contributed by atoms with Crippen LogP contribution in [0.25, 0.3) is 0 Å². The summed E-state index contributed by atoms with van der Waals surface area (Å²) >= 11 is 0. The fourth-order valence-corrected chi connectivity index (χ4v) is 1.10. The largest absolute Gasteiger partial charge is 0.480 e. The Bertz CT molecular complexity index is 320. The van der Waals surface area contributed by atoms with Crippen LogP contribution < -0.4 is 16.0 Å².